The smallest absolute Gasteiger partial charge is 0.330 e. The Morgan fingerprint density at radius 1 is 1.20 bits per heavy atom. The van der Waals surface area contributed by atoms with Crippen molar-refractivity contribution in [3.05, 3.63) is 65.2 Å². The van der Waals surface area contributed by atoms with Crippen LogP contribution in [0.3, 0.4) is 0 Å². The third-order valence-electron chi connectivity index (χ3n) is 4.04. The summed E-state index contributed by atoms with van der Waals surface area (Å²) in [7, 11) is 1.30. The molecule has 0 saturated heterocycles. The van der Waals surface area contributed by atoms with Crippen LogP contribution in [-0.4, -0.2) is 24.8 Å². The van der Waals surface area contributed by atoms with Gasteiger partial charge in [0, 0.05) is 22.9 Å². The lowest BCUT2D eigenvalue weighted by Crippen LogP contribution is -2.16. The average Bonchev–Trinajstić information content (AvgIpc) is 3.10. The molecule has 0 bridgehead atoms. The first-order valence-corrected chi connectivity index (χ1v) is 7.89. The highest BCUT2D eigenvalue weighted by Gasteiger charge is 2.26. The lowest BCUT2D eigenvalue weighted by atomic mass is 10.1. The van der Waals surface area contributed by atoms with Gasteiger partial charge in [0.05, 0.1) is 7.11 Å². The van der Waals surface area contributed by atoms with Crippen LogP contribution < -0.4 is 4.74 Å². The molecule has 0 saturated carbocycles. The molecule has 25 heavy (non-hydrogen) atoms. The van der Waals surface area contributed by atoms with Crippen molar-refractivity contribution in [1.82, 2.24) is 0 Å². The highest BCUT2D eigenvalue weighted by molar-refractivity contribution is 6.03. The van der Waals surface area contributed by atoms with Crippen molar-refractivity contribution in [3.63, 3.8) is 0 Å². The Hall–Kier alpha value is -2.76. The first-order valence-electron chi connectivity index (χ1n) is 7.89. The Morgan fingerprint density at radius 2 is 2.00 bits per heavy atom. The van der Waals surface area contributed by atoms with Crippen LogP contribution in [0, 0.1) is 11.6 Å². The minimum atomic E-state index is -0.573. The van der Waals surface area contributed by atoms with Gasteiger partial charge in [-0.25, -0.2) is 13.6 Å². The van der Waals surface area contributed by atoms with Gasteiger partial charge in [0.2, 0.25) is 0 Å². The maximum absolute atomic E-state index is 14.4. The summed E-state index contributed by atoms with van der Waals surface area (Å²) in [6, 6.07) is 10.1. The average molecular weight is 345 g/mol. The molecule has 2 aromatic rings. The zero-order chi connectivity index (χ0) is 17.8. The molecule has 0 aromatic heterocycles. The summed E-state index contributed by atoms with van der Waals surface area (Å²) in [6.07, 6.45) is 1.01. The Labute approximate surface area is 144 Å². The van der Waals surface area contributed by atoms with Crippen LogP contribution >= 0.6 is 0 Å². The molecule has 6 heteroatoms. The van der Waals surface area contributed by atoms with Crippen molar-refractivity contribution >= 4 is 11.7 Å². The molecule has 1 aliphatic rings. The van der Waals surface area contributed by atoms with Crippen molar-refractivity contribution in [2.45, 2.75) is 25.5 Å². The van der Waals surface area contributed by atoms with Crippen molar-refractivity contribution in [2.75, 3.05) is 7.11 Å². The third kappa shape index (κ3) is 3.84. The second-order valence-corrected chi connectivity index (χ2v) is 5.68. The molecular formula is C19H17F2NO3. The van der Waals surface area contributed by atoms with Crippen LogP contribution in [0.5, 0.6) is 5.75 Å². The van der Waals surface area contributed by atoms with E-state index in [2.05, 4.69) is 9.73 Å². The standard InChI is InChI=1S/C19H17F2NO3/c1-24-19(23)18-9-8-17(22-18)14-7-6-13(10-16(14)21)25-11-12-4-2-3-5-15(12)20/h2-7,10,18H,8-9,11H2,1H3/t18-/m0/s1. The monoisotopic (exact) mass is 345 g/mol. The predicted octanol–water partition coefficient (Wildman–Crippen LogP) is 3.67. The summed E-state index contributed by atoms with van der Waals surface area (Å²) >= 11 is 0. The van der Waals surface area contributed by atoms with Gasteiger partial charge in [0.25, 0.3) is 0 Å². The number of methoxy groups -OCH3 is 1. The van der Waals surface area contributed by atoms with Gasteiger partial charge < -0.3 is 9.47 Å². The van der Waals surface area contributed by atoms with Crippen LogP contribution in [-0.2, 0) is 16.1 Å². The molecule has 0 radical (unpaired) electrons. The van der Waals surface area contributed by atoms with E-state index in [4.69, 9.17) is 4.74 Å². The number of carbonyl (C=O) groups excluding carboxylic acids is 1. The van der Waals surface area contributed by atoms with E-state index in [1.165, 1.54) is 19.2 Å². The van der Waals surface area contributed by atoms with Crippen molar-refractivity contribution < 1.29 is 23.0 Å². The van der Waals surface area contributed by atoms with Gasteiger partial charge in [-0.15, -0.1) is 0 Å². The molecular weight excluding hydrogens is 328 g/mol. The van der Waals surface area contributed by atoms with Crippen LogP contribution in [0.25, 0.3) is 0 Å². The van der Waals surface area contributed by atoms with Gasteiger partial charge in [-0.1, -0.05) is 18.2 Å². The Morgan fingerprint density at radius 3 is 2.72 bits per heavy atom. The Bertz CT molecular complexity index is 820. The molecule has 3 rings (SSSR count). The summed E-state index contributed by atoms with van der Waals surface area (Å²) in [4.78, 5) is 15.7. The third-order valence-corrected chi connectivity index (χ3v) is 4.04. The van der Waals surface area contributed by atoms with Gasteiger partial charge in [-0.3, -0.25) is 4.99 Å². The Balaban J connectivity index is 1.71. The maximum Gasteiger partial charge on any atom is 0.330 e. The van der Waals surface area contributed by atoms with Gasteiger partial charge in [0.1, 0.15) is 30.0 Å². The SMILES string of the molecule is COC(=O)[C@@H]1CCC(c2ccc(OCc3ccccc3F)cc2F)=N1. The highest BCUT2D eigenvalue weighted by atomic mass is 19.1. The first kappa shape index (κ1) is 17.1. The molecule has 0 aliphatic carbocycles. The van der Waals surface area contributed by atoms with Gasteiger partial charge in [-0.2, -0.15) is 0 Å². The zero-order valence-electron chi connectivity index (χ0n) is 13.7. The van der Waals surface area contributed by atoms with Crippen molar-refractivity contribution in [2.24, 2.45) is 4.99 Å². The van der Waals surface area contributed by atoms with Crippen LogP contribution in [0.2, 0.25) is 0 Å². The number of carbonyl (C=O) groups is 1. The van der Waals surface area contributed by atoms with Gasteiger partial charge >= 0.3 is 5.97 Å². The van der Waals surface area contributed by atoms with Crippen LogP contribution in [0.1, 0.15) is 24.0 Å². The molecule has 0 spiro atoms. The fourth-order valence-corrected chi connectivity index (χ4v) is 2.70. The summed E-state index contributed by atoms with van der Waals surface area (Å²) in [5.74, 6) is -0.975. The summed E-state index contributed by atoms with van der Waals surface area (Å²) in [5.41, 5.74) is 1.27. The lowest BCUT2D eigenvalue weighted by Gasteiger charge is -2.09. The van der Waals surface area contributed by atoms with E-state index in [1.807, 2.05) is 0 Å². The van der Waals surface area contributed by atoms with Crippen molar-refractivity contribution in [3.8, 4) is 5.75 Å². The van der Waals surface area contributed by atoms with Crippen LogP contribution in [0.4, 0.5) is 8.78 Å². The number of esters is 1. The molecule has 1 heterocycles. The number of benzene rings is 2. The Kier molecular flexibility index (Phi) is 5.07. The molecule has 1 aliphatic heterocycles. The van der Waals surface area contributed by atoms with E-state index in [1.54, 1.807) is 30.3 Å². The number of hydrogen-bond donors (Lipinski definition) is 0. The molecule has 0 amide bonds. The van der Waals surface area contributed by atoms with Crippen molar-refractivity contribution in [1.29, 1.82) is 0 Å². The molecule has 0 N–H and O–H groups in total. The summed E-state index contributed by atoms with van der Waals surface area (Å²) in [6.45, 7) is 0.0107. The predicted molar refractivity (Wildman–Crippen MR) is 88.7 cm³/mol. The van der Waals surface area contributed by atoms with E-state index in [-0.39, 0.29) is 12.4 Å². The number of ether oxygens (including phenoxy) is 2. The largest absolute Gasteiger partial charge is 0.489 e. The van der Waals surface area contributed by atoms with E-state index in [9.17, 15) is 13.6 Å². The fraction of sp³-hybridized carbons (Fsp3) is 0.263. The van der Waals surface area contributed by atoms with Gasteiger partial charge in [0.15, 0.2) is 0 Å². The zero-order valence-corrected chi connectivity index (χ0v) is 13.7. The lowest BCUT2D eigenvalue weighted by molar-refractivity contribution is -0.141. The van der Waals surface area contributed by atoms with E-state index >= 15 is 0 Å². The highest BCUT2D eigenvalue weighted by Crippen LogP contribution is 2.24. The minimum absolute atomic E-state index is 0.0107. The number of hydrogen-bond acceptors (Lipinski definition) is 4. The minimum Gasteiger partial charge on any atom is -0.489 e. The number of rotatable bonds is 5. The number of aliphatic imine (C=N–C) groups is 1. The van der Waals surface area contributed by atoms with E-state index in [0.717, 1.165) is 0 Å². The topological polar surface area (TPSA) is 47.9 Å². The molecule has 4 nitrogen and oxygen atoms in total. The summed E-state index contributed by atoms with van der Waals surface area (Å²) < 4.78 is 38.0. The quantitative estimate of drug-likeness (QED) is 0.777. The van der Waals surface area contributed by atoms with E-state index in [0.29, 0.717) is 35.4 Å². The molecule has 1 atom stereocenters. The first-order chi connectivity index (χ1) is 12.1. The van der Waals surface area contributed by atoms with Gasteiger partial charge in [-0.05, 0) is 31.0 Å². The molecule has 130 valence electrons. The number of nitrogens with zero attached hydrogens (tertiary/aromatic N) is 1. The van der Waals surface area contributed by atoms with Crippen LogP contribution in [0.15, 0.2) is 47.5 Å². The molecule has 0 unspecified atom stereocenters. The number of halogens is 2. The maximum atomic E-state index is 14.4. The fourth-order valence-electron chi connectivity index (χ4n) is 2.70. The second-order valence-electron chi connectivity index (χ2n) is 5.68. The summed E-state index contributed by atoms with van der Waals surface area (Å²) in [5, 5.41) is 0. The molecule has 0 fully saturated rings. The molecule has 2 aromatic carbocycles. The second kappa shape index (κ2) is 7.42. The normalized spacial score (nSPS) is 16.4. The van der Waals surface area contributed by atoms with E-state index < -0.39 is 17.8 Å².